The number of carbonyl (C=O) groups is 2. The lowest BCUT2D eigenvalue weighted by Gasteiger charge is -2.35. The summed E-state index contributed by atoms with van der Waals surface area (Å²) < 4.78 is 5.28. The number of amides is 1. The van der Waals surface area contributed by atoms with Crippen molar-refractivity contribution in [1.29, 1.82) is 0 Å². The lowest BCUT2D eigenvalue weighted by atomic mass is 10.1. The summed E-state index contributed by atoms with van der Waals surface area (Å²) in [7, 11) is -2.26. The van der Waals surface area contributed by atoms with Crippen molar-refractivity contribution in [1.82, 2.24) is 4.90 Å². The van der Waals surface area contributed by atoms with Gasteiger partial charge in [-0.3, -0.25) is 9.59 Å². The molecule has 0 radical (unpaired) electrons. The van der Waals surface area contributed by atoms with Gasteiger partial charge in [-0.1, -0.05) is 60.1 Å². The van der Waals surface area contributed by atoms with Crippen LogP contribution in [0.4, 0.5) is 0 Å². The highest BCUT2D eigenvalue weighted by Crippen LogP contribution is 2.39. The van der Waals surface area contributed by atoms with Crippen molar-refractivity contribution >= 4 is 36.1 Å². The molecule has 0 saturated carbocycles. The van der Waals surface area contributed by atoms with E-state index in [1.54, 1.807) is 4.90 Å². The molecule has 0 aliphatic rings. The van der Waals surface area contributed by atoms with Gasteiger partial charge in [-0.25, -0.2) is 0 Å². The zero-order valence-corrected chi connectivity index (χ0v) is 19.4. The van der Waals surface area contributed by atoms with Crippen LogP contribution in [0.5, 0.6) is 0 Å². The van der Waals surface area contributed by atoms with Crippen molar-refractivity contribution < 1.29 is 19.1 Å². The minimum Gasteiger partial charge on any atom is -0.461 e. The topological polar surface area (TPSA) is 66.8 Å². The van der Waals surface area contributed by atoms with Gasteiger partial charge in [-0.15, -0.1) is 0 Å². The summed E-state index contributed by atoms with van der Waals surface area (Å²) in [5, 5.41) is 0.112. The quantitative estimate of drug-likeness (QED) is 0.308. The molecule has 0 atom stereocenters. The maximum absolute atomic E-state index is 12.1. The van der Waals surface area contributed by atoms with Crippen LogP contribution in [0.15, 0.2) is 30.3 Å². The van der Waals surface area contributed by atoms with E-state index in [1.165, 1.54) is 0 Å². The number of hydrogen-bond donors (Lipinski definition) is 1. The van der Waals surface area contributed by atoms with Crippen molar-refractivity contribution in [3.8, 4) is 0 Å². The molecule has 152 valence electrons. The number of alkyl halides is 1. The molecule has 0 saturated heterocycles. The average molecular weight is 458 g/mol. The van der Waals surface area contributed by atoms with Gasteiger partial charge >= 0.3 is 5.97 Å². The molecule has 0 heterocycles. The lowest BCUT2D eigenvalue weighted by Crippen LogP contribution is -2.40. The number of nitrogens with zero attached hydrogens (tertiary/aromatic N) is 1. The van der Waals surface area contributed by atoms with Gasteiger partial charge in [0.1, 0.15) is 6.61 Å². The Morgan fingerprint density at radius 1 is 1.19 bits per heavy atom. The van der Waals surface area contributed by atoms with Gasteiger partial charge in [-0.05, 0) is 36.5 Å². The standard InChI is InChI=1S/C20H32BrNO4Si/c1-20(2,27(3,4)25)12-8-13-22(18(23)15-21)14-11-19(24)26-16-17-9-6-5-7-10-17/h5-7,9-10,25H,8,11-16H2,1-4H3. The molecule has 7 heteroatoms. The number of carbonyl (C=O) groups excluding carboxylic acids is 2. The Kier molecular flexibility index (Phi) is 9.70. The summed E-state index contributed by atoms with van der Waals surface area (Å²) in [4.78, 5) is 36.2. The van der Waals surface area contributed by atoms with Gasteiger partial charge in [0, 0.05) is 13.1 Å². The summed E-state index contributed by atoms with van der Waals surface area (Å²) in [5.74, 6) is -0.348. The van der Waals surface area contributed by atoms with Crippen LogP contribution in [0, 0.1) is 0 Å². The Labute approximate surface area is 172 Å². The first kappa shape index (κ1) is 23.9. The third-order valence-corrected chi connectivity index (χ3v) is 9.22. The SMILES string of the molecule is CC(C)(CCCN(CCC(=O)OCc1ccccc1)C(=O)CBr)[Si](C)(C)O. The van der Waals surface area contributed by atoms with Gasteiger partial charge in [0.2, 0.25) is 5.91 Å². The van der Waals surface area contributed by atoms with Gasteiger partial charge < -0.3 is 14.4 Å². The lowest BCUT2D eigenvalue weighted by molar-refractivity contribution is -0.145. The highest BCUT2D eigenvalue weighted by molar-refractivity contribution is 9.09. The van der Waals surface area contributed by atoms with E-state index in [-0.39, 0.29) is 35.3 Å². The van der Waals surface area contributed by atoms with E-state index in [9.17, 15) is 14.4 Å². The molecule has 0 bridgehead atoms. The van der Waals surface area contributed by atoms with Crippen LogP contribution >= 0.6 is 15.9 Å². The highest BCUT2D eigenvalue weighted by atomic mass is 79.9. The first-order chi connectivity index (χ1) is 12.6. The van der Waals surface area contributed by atoms with E-state index < -0.39 is 8.32 Å². The highest BCUT2D eigenvalue weighted by Gasteiger charge is 2.37. The normalized spacial score (nSPS) is 11.9. The molecule has 1 N–H and O–H groups in total. The van der Waals surface area contributed by atoms with Gasteiger partial charge in [-0.2, -0.15) is 0 Å². The third kappa shape index (κ3) is 8.57. The Bertz CT molecular complexity index is 602. The van der Waals surface area contributed by atoms with Crippen molar-refractivity contribution in [2.24, 2.45) is 0 Å². The average Bonchev–Trinajstić information content (AvgIpc) is 2.62. The summed E-state index contributed by atoms with van der Waals surface area (Å²) in [5.41, 5.74) is 0.942. The fraction of sp³-hybridized carbons (Fsp3) is 0.600. The largest absolute Gasteiger partial charge is 0.461 e. The molecular weight excluding hydrogens is 426 g/mol. The van der Waals surface area contributed by atoms with E-state index in [1.807, 2.05) is 43.4 Å². The summed E-state index contributed by atoms with van der Waals surface area (Å²) in [6.07, 6.45) is 1.81. The van der Waals surface area contributed by atoms with E-state index in [0.29, 0.717) is 13.1 Å². The molecule has 1 aromatic carbocycles. The molecule has 27 heavy (non-hydrogen) atoms. The van der Waals surface area contributed by atoms with E-state index in [4.69, 9.17) is 4.74 Å². The van der Waals surface area contributed by atoms with Crippen LogP contribution in [0.2, 0.25) is 18.1 Å². The molecule has 5 nitrogen and oxygen atoms in total. The van der Waals surface area contributed by atoms with Crippen molar-refractivity contribution in [3.63, 3.8) is 0 Å². The first-order valence-corrected chi connectivity index (χ1v) is 13.4. The summed E-state index contributed by atoms with van der Waals surface area (Å²) in [6, 6.07) is 9.52. The van der Waals surface area contributed by atoms with E-state index >= 15 is 0 Å². The molecule has 1 aromatic rings. The first-order valence-electron chi connectivity index (χ1n) is 9.32. The van der Waals surface area contributed by atoms with Crippen LogP contribution in [0.25, 0.3) is 0 Å². The Morgan fingerprint density at radius 2 is 1.81 bits per heavy atom. The molecule has 0 unspecified atom stereocenters. The van der Waals surface area contributed by atoms with Gasteiger partial charge in [0.05, 0.1) is 11.8 Å². The third-order valence-electron chi connectivity index (χ3n) is 5.18. The molecular formula is C20H32BrNO4Si. The molecule has 1 rings (SSSR count). The molecule has 0 spiro atoms. The fourth-order valence-electron chi connectivity index (χ4n) is 2.50. The number of halogens is 1. The zero-order valence-electron chi connectivity index (χ0n) is 16.8. The van der Waals surface area contributed by atoms with Crippen LogP contribution < -0.4 is 0 Å². The second kappa shape index (κ2) is 11.0. The maximum atomic E-state index is 12.1. The smallest absolute Gasteiger partial charge is 0.307 e. The Hall–Kier alpha value is -1.18. The van der Waals surface area contributed by atoms with Crippen molar-refractivity contribution in [3.05, 3.63) is 35.9 Å². The van der Waals surface area contributed by atoms with Crippen molar-refractivity contribution in [2.75, 3.05) is 18.4 Å². The molecule has 0 fully saturated rings. The number of ether oxygens (including phenoxy) is 1. The van der Waals surface area contributed by atoms with Gasteiger partial charge in [0.15, 0.2) is 8.32 Å². The predicted octanol–water partition coefficient (Wildman–Crippen LogP) is 4.10. The molecule has 0 aromatic heterocycles. The minimum absolute atomic E-state index is 0.0378. The summed E-state index contributed by atoms with van der Waals surface area (Å²) >= 11 is 3.21. The zero-order chi connectivity index (χ0) is 20.5. The molecule has 1 amide bonds. The fourth-order valence-corrected chi connectivity index (χ4v) is 3.64. The molecule has 0 aliphatic heterocycles. The maximum Gasteiger partial charge on any atom is 0.307 e. The van der Waals surface area contributed by atoms with Gasteiger partial charge in [0.25, 0.3) is 0 Å². The molecule has 0 aliphatic carbocycles. The minimum atomic E-state index is -2.26. The second-order valence-corrected chi connectivity index (χ2v) is 13.0. The van der Waals surface area contributed by atoms with E-state index in [0.717, 1.165) is 18.4 Å². The number of rotatable bonds is 11. The van der Waals surface area contributed by atoms with Crippen molar-refractivity contribution in [2.45, 2.75) is 57.8 Å². The van der Waals surface area contributed by atoms with Crippen LogP contribution in [-0.4, -0.2) is 48.3 Å². The number of hydrogen-bond acceptors (Lipinski definition) is 4. The predicted molar refractivity (Wildman–Crippen MR) is 114 cm³/mol. The van der Waals surface area contributed by atoms with E-state index in [2.05, 4.69) is 29.8 Å². The van der Waals surface area contributed by atoms with Crippen LogP contribution in [0.1, 0.15) is 38.7 Å². The monoisotopic (exact) mass is 457 g/mol. The van der Waals surface area contributed by atoms with Crippen LogP contribution in [-0.2, 0) is 20.9 Å². The van der Waals surface area contributed by atoms with Crippen LogP contribution in [0.3, 0.4) is 0 Å². The Balaban J connectivity index is 2.45. The Morgan fingerprint density at radius 3 is 2.37 bits per heavy atom. The number of benzene rings is 1. The number of esters is 1. The second-order valence-electron chi connectivity index (χ2n) is 7.96. The summed E-state index contributed by atoms with van der Waals surface area (Å²) in [6.45, 7) is 9.21.